The van der Waals surface area contributed by atoms with Crippen LogP contribution in [0.5, 0.6) is 0 Å². The summed E-state index contributed by atoms with van der Waals surface area (Å²) >= 11 is 5.33. The van der Waals surface area contributed by atoms with Gasteiger partial charge in [-0.05, 0) is 12.1 Å². The Balaban J connectivity index is 3.33. The fraction of sp³-hybridized carbons (Fsp3) is 0.222. The van der Waals surface area contributed by atoms with E-state index in [1.807, 2.05) is 0 Å². The van der Waals surface area contributed by atoms with Crippen LogP contribution in [0.4, 0.5) is 13.2 Å². The minimum atomic E-state index is -4.70. The quantitative estimate of drug-likeness (QED) is 0.749. The molecule has 0 fully saturated rings. The number of alkyl halides is 3. The molecule has 17 heavy (non-hydrogen) atoms. The Hall–Kier alpha value is -1.81. The maximum Gasteiger partial charge on any atom is 0.416 e. The molecule has 0 radical (unpaired) electrons. The second kappa shape index (κ2) is 4.59. The first kappa shape index (κ1) is 13.3. The number of aliphatic carboxylic acids is 1. The normalized spacial score (nSPS) is 12.9. The van der Waals surface area contributed by atoms with E-state index in [1.54, 1.807) is 0 Å². The molecule has 1 atom stereocenters. The highest BCUT2D eigenvalue weighted by Gasteiger charge is 2.32. The van der Waals surface area contributed by atoms with E-state index in [0.717, 1.165) is 0 Å². The van der Waals surface area contributed by atoms with Crippen molar-refractivity contribution in [2.45, 2.75) is 12.1 Å². The molecular formula is C9H3ClF3N2O2-. The molecule has 0 saturated heterocycles. The van der Waals surface area contributed by atoms with Gasteiger partial charge in [0.2, 0.25) is 0 Å². The first-order valence-corrected chi connectivity index (χ1v) is 4.48. The van der Waals surface area contributed by atoms with Crippen LogP contribution in [-0.4, -0.2) is 11.0 Å². The molecule has 1 aromatic heterocycles. The van der Waals surface area contributed by atoms with Crippen molar-refractivity contribution in [3.8, 4) is 6.07 Å². The molecule has 0 aliphatic rings. The summed E-state index contributed by atoms with van der Waals surface area (Å²) in [7, 11) is 0. The number of nitrogens with zero attached hydrogens (tertiary/aromatic N) is 2. The molecule has 8 heteroatoms. The summed E-state index contributed by atoms with van der Waals surface area (Å²) in [5.41, 5.74) is -1.78. The fourth-order valence-corrected chi connectivity index (χ4v) is 1.28. The Bertz CT molecular complexity index is 496. The Morgan fingerprint density at radius 3 is 2.53 bits per heavy atom. The summed E-state index contributed by atoms with van der Waals surface area (Å²) in [5, 5.41) is 18.5. The number of nitriles is 1. The van der Waals surface area contributed by atoms with Crippen LogP contribution in [0.25, 0.3) is 0 Å². The van der Waals surface area contributed by atoms with Gasteiger partial charge in [0.1, 0.15) is 11.1 Å². The van der Waals surface area contributed by atoms with Crippen LogP contribution in [0.15, 0.2) is 12.1 Å². The number of halogens is 4. The maximum absolute atomic E-state index is 12.4. The zero-order valence-corrected chi connectivity index (χ0v) is 8.71. The zero-order chi connectivity index (χ0) is 13.2. The number of rotatable bonds is 2. The third-order valence-corrected chi connectivity index (χ3v) is 2.00. The van der Waals surface area contributed by atoms with Gasteiger partial charge in [0.05, 0.1) is 23.3 Å². The van der Waals surface area contributed by atoms with Crippen molar-refractivity contribution >= 4 is 17.6 Å². The lowest BCUT2D eigenvalue weighted by molar-refractivity contribution is -0.306. The highest BCUT2D eigenvalue weighted by molar-refractivity contribution is 6.29. The molecule has 1 unspecified atom stereocenters. The molecule has 1 aromatic rings. The molecule has 90 valence electrons. The first-order valence-electron chi connectivity index (χ1n) is 4.11. The summed E-state index contributed by atoms with van der Waals surface area (Å²) in [5.74, 6) is -3.73. The molecule has 1 heterocycles. The number of pyridine rings is 1. The van der Waals surface area contributed by atoms with Gasteiger partial charge in [0.15, 0.2) is 0 Å². The van der Waals surface area contributed by atoms with Crippen LogP contribution in [-0.2, 0) is 11.0 Å². The number of carboxylic acids is 1. The molecule has 1 rings (SSSR count). The predicted molar refractivity (Wildman–Crippen MR) is 47.6 cm³/mol. The first-order chi connectivity index (χ1) is 7.75. The summed E-state index contributed by atoms with van der Waals surface area (Å²) in [6, 6.07) is 2.26. The van der Waals surface area contributed by atoms with Gasteiger partial charge in [-0.2, -0.15) is 18.4 Å². The molecule has 0 bridgehead atoms. The fourth-order valence-electron chi connectivity index (χ4n) is 1.07. The standard InChI is InChI=1S/C9H4ClF3N2O2/c10-7-2-4(9(11,12)13)1-6(15-7)5(3-14)8(16)17/h1-2,5H,(H,16,17)/p-1. The molecule has 0 amide bonds. The molecule has 0 aliphatic heterocycles. The third kappa shape index (κ3) is 3.07. The van der Waals surface area contributed by atoms with E-state index in [-0.39, 0.29) is 0 Å². The molecule has 0 saturated carbocycles. The van der Waals surface area contributed by atoms with E-state index in [4.69, 9.17) is 16.9 Å². The van der Waals surface area contributed by atoms with Crippen molar-refractivity contribution in [2.24, 2.45) is 0 Å². The van der Waals surface area contributed by atoms with Crippen LogP contribution in [0.1, 0.15) is 17.2 Å². The van der Waals surface area contributed by atoms with E-state index < -0.39 is 34.5 Å². The van der Waals surface area contributed by atoms with Crippen LogP contribution in [0.2, 0.25) is 5.15 Å². The van der Waals surface area contributed by atoms with Crippen LogP contribution in [0, 0.1) is 11.3 Å². The number of carbonyl (C=O) groups excluding carboxylic acids is 1. The second-order valence-corrected chi connectivity index (χ2v) is 3.37. The smallest absolute Gasteiger partial charge is 0.416 e. The molecule has 0 aliphatic carbocycles. The molecule has 4 nitrogen and oxygen atoms in total. The van der Waals surface area contributed by atoms with Crippen LogP contribution in [0.3, 0.4) is 0 Å². The lowest BCUT2D eigenvalue weighted by atomic mass is 10.1. The van der Waals surface area contributed by atoms with Gasteiger partial charge in [-0.15, -0.1) is 0 Å². The highest BCUT2D eigenvalue weighted by atomic mass is 35.5. The topological polar surface area (TPSA) is 76.8 Å². The largest absolute Gasteiger partial charge is 0.548 e. The summed E-state index contributed by atoms with van der Waals surface area (Å²) in [4.78, 5) is 13.9. The van der Waals surface area contributed by atoms with Gasteiger partial charge in [0, 0.05) is 0 Å². The monoisotopic (exact) mass is 263 g/mol. The van der Waals surface area contributed by atoms with Crippen LogP contribution < -0.4 is 5.11 Å². The summed E-state index contributed by atoms with van der Waals surface area (Å²) in [6.07, 6.45) is -4.70. The Morgan fingerprint density at radius 1 is 1.53 bits per heavy atom. The lowest BCUT2D eigenvalue weighted by Gasteiger charge is -2.13. The Labute approximate surface area is 98.3 Å². The Kier molecular flexibility index (Phi) is 3.58. The number of carboxylic acid groups (broad SMARTS) is 1. The summed E-state index contributed by atoms with van der Waals surface area (Å²) in [6.45, 7) is 0. The van der Waals surface area contributed by atoms with Crippen molar-refractivity contribution in [1.82, 2.24) is 4.98 Å². The van der Waals surface area contributed by atoms with E-state index in [9.17, 15) is 23.1 Å². The van der Waals surface area contributed by atoms with Gasteiger partial charge in [0.25, 0.3) is 0 Å². The molecular weight excluding hydrogens is 261 g/mol. The maximum atomic E-state index is 12.4. The van der Waals surface area contributed by atoms with Crippen LogP contribution >= 0.6 is 11.6 Å². The molecule has 0 N–H and O–H groups in total. The SMILES string of the molecule is N#CC(C(=O)[O-])c1cc(C(F)(F)F)cc(Cl)n1. The average molecular weight is 264 g/mol. The lowest BCUT2D eigenvalue weighted by Crippen LogP contribution is -2.29. The van der Waals surface area contributed by atoms with Gasteiger partial charge in [-0.25, -0.2) is 4.98 Å². The number of carbonyl (C=O) groups is 1. The van der Waals surface area contributed by atoms with Gasteiger partial charge in [-0.3, -0.25) is 0 Å². The zero-order valence-electron chi connectivity index (χ0n) is 7.95. The number of hydrogen-bond acceptors (Lipinski definition) is 4. The van der Waals surface area contributed by atoms with Gasteiger partial charge >= 0.3 is 6.18 Å². The van der Waals surface area contributed by atoms with Crippen molar-refractivity contribution in [2.75, 3.05) is 0 Å². The van der Waals surface area contributed by atoms with Gasteiger partial charge in [-0.1, -0.05) is 11.6 Å². The predicted octanol–water partition coefficient (Wildman–Crippen LogP) is 1.11. The number of aromatic nitrogens is 1. The second-order valence-electron chi connectivity index (χ2n) is 2.98. The molecule has 0 spiro atoms. The van der Waals surface area contributed by atoms with Gasteiger partial charge < -0.3 is 9.90 Å². The van der Waals surface area contributed by atoms with E-state index in [1.165, 1.54) is 6.07 Å². The number of hydrogen-bond donors (Lipinski definition) is 0. The van der Waals surface area contributed by atoms with Crippen molar-refractivity contribution < 1.29 is 23.1 Å². The van der Waals surface area contributed by atoms with E-state index in [2.05, 4.69) is 4.98 Å². The van der Waals surface area contributed by atoms with E-state index >= 15 is 0 Å². The minimum absolute atomic E-state index is 0.454. The highest BCUT2D eigenvalue weighted by Crippen LogP contribution is 2.32. The molecule has 0 aromatic carbocycles. The third-order valence-electron chi connectivity index (χ3n) is 1.80. The average Bonchev–Trinajstić information content (AvgIpc) is 2.15. The summed E-state index contributed by atoms with van der Waals surface area (Å²) < 4.78 is 37.2. The van der Waals surface area contributed by atoms with E-state index in [0.29, 0.717) is 12.1 Å². The Morgan fingerprint density at radius 2 is 2.12 bits per heavy atom. The van der Waals surface area contributed by atoms with Crippen molar-refractivity contribution in [3.05, 3.63) is 28.5 Å². The van der Waals surface area contributed by atoms with Crippen molar-refractivity contribution in [1.29, 1.82) is 5.26 Å². The van der Waals surface area contributed by atoms with Crippen molar-refractivity contribution in [3.63, 3.8) is 0 Å². The minimum Gasteiger partial charge on any atom is -0.548 e.